The van der Waals surface area contributed by atoms with Crippen LogP contribution in [0.2, 0.25) is 5.02 Å². The van der Waals surface area contributed by atoms with Gasteiger partial charge < -0.3 is 5.73 Å². The van der Waals surface area contributed by atoms with Crippen molar-refractivity contribution in [2.24, 2.45) is 0 Å². The number of anilines is 1. The van der Waals surface area contributed by atoms with Crippen molar-refractivity contribution >= 4 is 29.1 Å². The smallest absolute Gasteiger partial charge is 0.115 e. The maximum Gasteiger partial charge on any atom is 0.115 e. The van der Waals surface area contributed by atoms with E-state index in [2.05, 4.69) is 18.0 Å². The molecule has 0 radical (unpaired) electrons. The number of nitrogen functional groups attached to an aromatic ring is 1. The third-order valence-corrected chi connectivity index (χ3v) is 3.98. The molecule has 1 atom stereocenters. The summed E-state index contributed by atoms with van der Waals surface area (Å²) in [5.74, 6) is 0. The molecular formula is C13H13ClN2S. The van der Waals surface area contributed by atoms with Crippen LogP contribution in [-0.4, -0.2) is 4.98 Å². The van der Waals surface area contributed by atoms with Gasteiger partial charge in [0.2, 0.25) is 0 Å². The Morgan fingerprint density at radius 3 is 2.82 bits per heavy atom. The Labute approximate surface area is 110 Å². The number of nitrogens with zero attached hydrogens (tertiary/aromatic N) is 1. The summed E-state index contributed by atoms with van der Waals surface area (Å²) >= 11 is 7.71. The van der Waals surface area contributed by atoms with Gasteiger partial charge in [-0.15, -0.1) is 0 Å². The van der Waals surface area contributed by atoms with E-state index in [0.29, 0.717) is 5.02 Å². The third-order valence-electron chi connectivity index (χ3n) is 2.39. The lowest BCUT2D eigenvalue weighted by molar-refractivity contribution is 1.06. The van der Waals surface area contributed by atoms with Crippen LogP contribution in [0.3, 0.4) is 0 Å². The molecular weight excluding hydrogens is 252 g/mol. The van der Waals surface area contributed by atoms with E-state index in [-0.39, 0.29) is 5.25 Å². The van der Waals surface area contributed by atoms with E-state index in [9.17, 15) is 0 Å². The minimum Gasteiger partial charge on any atom is -0.399 e. The van der Waals surface area contributed by atoms with Crippen LogP contribution in [-0.2, 0) is 0 Å². The first-order valence-electron chi connectivity index (χ1n) is 5.29. The van der Waals surface area contributed by atoms with Crippen molar-refractivity contribution in [1.29, 1.82) is 0 Å². The maximum atomic E-state index is 6.08. The average Bonchev–Trinajstić information content (AvgIpc) is 2.32. The van der Waals surface area contributed by atoms with Crippen molar-refractivity contribution in [3.8, 4) is 0 Å². The zero-order valence-electron chi connectivity index (χ0n) is 9.43. The zero-order valence-corrected chi connectivity index (χ0v) is 11.0. The molecule has 2 aromatic rings. The Morgan fingerprint density at radius 1 is 1.29 bits per heavy atom. The van der Waals surface area contributed by atoms with Crippen LogP contribution in [0.1, 0.15) is 17.7 Å². The molecule has 88 valence electrons. The molecule has 2 nitrogen and oxygen atoms in total. The lowest BCUT2D eigenvalue weighted by Gasteiger charge is -2.12. The van der Waals surface area contributed by atoms with Crippen LogP contribution >= 0.6 is 23.4 Å². The Kier molecular flexibility index (Phi) is 3.92. The van der Waals surface area contributed by atoms with Crippen LogP contribution in [0.25, 0.3) is 0 Å². The van der Waals surface area contributed by atoms with E-state index in [4.69, 9.17) is 17.3 Å². The molecule has 2 N–H and O–H groups in total. The van der Waals surface area contributed by atoms with Gasteiger partial charge in [-0.2, -0.15) is 0 Å². The number of pyridine rings is 1. The molecule has 4 heteroatoms. The fourth-order valence-corrected chi connectivity index (χ4v) is 2.68. The molecule has 1 heterocycles. The number of thioether (sulfide) groups is 1. The third kappa shape index (κ3) is 3.14. The van der Waals surface area contributed by atoms with Crippen LogP contribution < -0.4 is 5.73 Å². The quantitative estimate of drug-likeness (QED) is 0.668. The highest BCUT2D eigenvalue weighted by Gasteiger charge is 2.10. The van der Waals surface area contributed by atoms with Gasteiger partial charge in [0.1, 0.15) is 5.03 Å². The molecule has 0 fully saturated rings. The lowest BCUT2D eigenvalue weighted by atomic mass is 10.1. The van der Waals surface area contributed by atoms with Crippen molar-refractivity contribution in [2.45, 2.75) is 17.2 Å². The van der Waals surface area contributed by atoms with E-state index in [0.717, 1.165) is 10.7 Å². The Bertz CT molecular complexity index is 516. The largest absolute Gasteiger partial charge is 0.399 e. The average molecular weight is 265 g/mol. The molecule has 0 aliphatic rings. The highest BCUT2D eigenvalue weighted by molar-refractivity contribution is 7.99. The first-order valence-corrected chi connectivity index (χ1v) is 6.55. The summed E-state index contributed by atoms with van der Waals surface area (Å²) in [4.78, 5) is 4.27. The lowest BCUT2D eigenvalue weighted by Crippen LogP contribution is -1.92. The van der Waals surface area contributed by atoms with E-state index in [1.807, 2.05) is 30.3 Å². The van der Waals surface area contributed by atoms with Crippen LogP contribution in [0, 0.1) is 0 Å². The number of hydrogen-bond acceptors (Lipinski definition) is 3. The van der Waals surface area contributed by atoms with E-state index < -0.39 is 0 Å². The number of benzene rings is 1. The standard InChI is InChI=1S/C13H13ClN2S/c1-9(10-4-2-5-11(15)8-10)17-13-12(14)6-3-7-16-13/h2-9H,15H2,1H3. The Balaban J connectivity index is 2.17. The molecule has 1 aromatic carbocycles. The number of hydrogen-bond donors (Lipinski definition) is 1. The van der Waals surface area contributed by atoms with E-state index in [1.54, 1.807) is 18.0 Å². The first kappa shape index (κ1) is 12.3. The van der Waals surface area contributed by atoms with Gasteiger partial charge in [0, 0.05) is 17.1 Å². The van der Waals surface area contributed by atoms with Gasteiger partial charge in [-0.1, -0.05) is 35.5 Å². The summed E-state index contributed by atoms with van der Waals surface area (Å²) in [6, 6.07) is 11.6. The second kappa shape index (κ2) is 5.43. The normalized spacial score (nSPS) is 12.4. The molecule has 1 unspecified atom stereocenters. The molecule has 2 rings (SSSR count). The maximum absolute atomic E-state index is 6.08. The summed E-state index contributed by atoms with van der Waals surface area (Å²) < 4.78 is 0. The minimum atomic E-state index is 0.269. The topological polar surface area (TPSA) is 38.9 Å². The van der Waals surface area contributed by atoms with Gasteiger partial charge in [0.25, 0.3) is 0 Å². The van der Waals surface area contributed by atoms with Gasteiger partial charge in [-0.3, -0.25) is 0 Å². The van der Waals surface area contributed by atoms with Crippen molar-refractivity contribution in [3.05, 3.63) is 53.2 Å². The summed E-state index contributed by atoms with van der Waals surface area (Å²) in [6.07, 6.45) is 1.75. The molecule has 0 aliphatic heterocycles. The second-order valence-electron chi connectivity index (χ2n) is 3.72. The number of aromatic nitrogens is 1. The highest BCUT2D eigenvalue weighted by atomic mass is 35.5. The summed E-state index contributed by atoms with van der Waals surface area (Å²) in [6.45, 7) is 2.12. The molecule has 1 aromatic heterocycles. The van der Waals surface area contributed by atoms with E-state index in [1.165, 1.54) is 5.56 Å². The molecule has 17 heavy (non-hydrogen) atoms. The predicted octanol–water partition coefficient (Wildman–Crippen LogP) is 4.17. The van der Waals surface area contributed by atoms with Gasteiger partial charge in [0.05, 0.1) is 5.02 Å². The van der Waals surface area contributed by atoms with Crippen molar-refractivity contribution < 1.29 is 0 Å². The van der Waals surface area contributed by atoms with Crippen molar-refractivity contribution in [1.82, 2.24) is 4.98 Å². The molecule has 0 spiro atoms. The zero-order chi connectivity index (χ0) is 12.3. The molecule has 0 aliphatic carbocycles. The summed E-state index contributed by atoms with van der Waals surface area (Å²) in [5, 5.41) is 1.81. The SMILES string of the molecule is CC(Sc1ncccc1Cl)c1cccc(N)c1. The Hall–Kier alpha value is -1.19. The fraction of sp³-hybridized carbons (Fsp3) is 0.154. The fourth-order valence-electron chi connectivity index (χ4n) is 1.51. The predicted molar refractivity (Wildman–Crippen MR) is 74.4 cm³/mol. The van der Waals surface area contributed by atoms with E-state index >= 15 is 0 Å². The second-order valence-corrected chi connectivity index (χ2v) is 5.46. The summed E-state index contributed by atoms with van der Waals surface area (Å²) in [5.41, 5.74) is 7.73. The monoisotopic (exact) mass is 264 g/mol. The van der Waals surface area contributed by atoms with Gasteiger partial charge in [-0.05, 0) is 36.8 Å². The number of rotatable bonds is 3. The van der Waals surface area contributed by atoms with Crippen molar-refractivity contribution in [2.75, 3.05) is 5.73 Å². The number of halogens is 1. The molecule has 0 saturated heterocycles. The first-order chi connectivity index (χ1) is 8.16. The molecule has 0 saturated carbocycles. The Morgan fingerprint density at radius 2 is 2.12 bits per heavy atom. The molecule has 0 bridgehead atoms. The van der Waals surface area contributed by atoms with Gasteiger partial charge in [0.15, 0.2) is 0 Å². The van der Waals surface area contributed by atoms with Crippen LogP contribution in [0.5, 0.6) is 0 Å². The van der Waals surface area contributed by atoms with Gasteiger partial charge in [-0.25, -0.2) is 4.98 Å². The van der Waals surface area contributed by atoms with Gasteiger partial charge >= 0.3 is 0 Å². The summed E-state index contributed by atoms with van der Waals surface area (Å²) in [7, 11) is 0. The molecule has 0 amide bonds. The van der Waals surface area contributed by atoms with Crippen LogP contribution in [0.15, 0.2) is 47.6 Å². The highest BCUT2D eigenvalue weighted by Crippen LogP contribution is 2.37. The van der Waals surface area contributed by atoms with Crippen LogP contribution in [0.4, 0.5) is 5.69 Å². The number of nitrogens with two attached hydrogens (primary N) is 1. The van der Waals surface area contributed by atoms with Crippen molar-refractivity contribution in [3.63, 3.8) is 0 Å². The minimum absolute atomic E-state index is 0.269.